The van der Waals surface area contributed by atoms with E-state index in [0.29, 0.717) is 0 Å². The van der Waals surface area contributed by atoms with Crippen molar-refractivity contribution in [2.45, 2.75) is 33.2 Å². The van der Waals surface area contributed by atoms with Gasteiger partial charge in [-0.1, -0.05) is 13.8 Å². The second kappa shape index (κ2) is 8.15. The first-order valence-corrected chi connectivity index (χ1v) is 6.30. The molecule has 0 aliphatic heterocycles. The average molecular weight is 301 g/mol. The van der Waals surface area contributed by atoms with E-state index < -0.39 is 23.9 Å². The van der Waals surface area contributed by atoms with Crippen LogP contribution in [0.15, 0.2) is 0 Å². The third kappa shape index (κ3) is 4.38. The Balaban J connectivity index is 0.00000191. The van der Waals surface area contributed by atoms with Crippen LogP contribution in [0.3, 0.4) is 0 Å². The maximum Gasteiger partial charge on any atom is 0.320 e. The predicted octanol–water partition coefficient (Wildman–Crippen LogP) is 0.617. The van der Waals surface area contributed by atoms with Crippen LogP contribution in [0.1, 0.15) is 35.5 Å². The number of carbonyl (C=O) groups is 2. The smallest absolute Gasteiger partial charge is 0.320 e. The fourth-order valence-electron chi connectivity index (χ4n) is 1.68. The Kier molecular flexibility index (Phi) is 7.29. The molecular weight excluding hydrogens is 281 g/mol. The second-order valence-electron chi connectivity index (χ2n) is 3.90. The number of nitrogens with zero attached hydrogens (tertiary/aromatic N) is 1. The molecule has 21 heavy (non-hydrogen) atoms. The summed E-state index contributed by atoms with van der Waals surface area (Å²) in [5, 5.41) is 8.73. The van der Waals surface area contributed by atoms with Gasteiger partial charge in [0.25, 0.3) is 5.91 Å². The van der Waals surface area contributed by atoms with E-state index in [9.17, 15) is 14.0 Å². The van der Waals surface area contributed by atoms with Crippen LogP contribution in [-0.4, -0.2) is 35.1 Å². The van der Waals surface area contributed by atoms with Crippen LogP contribution in [0.4, 0.5) is 4.39 Å². The number of aromatic nitrogens is 1. The van der Waals surface area contributed by atoms with Gasteiger partial charge in [-0.3, -0.25) is 9.59 Å². The largest absolute Gasteiger partial charge is 0.496 e. The Morgan fingerprint density at radius 3 is 2.33 bits per heavy atom. The van der Waals surface area contributed by atoms with E-state index >= 15 is 0 Å². The summed E-state index contributed by atoms with van der Waals surface area (Å²) in [4.78, 5) is 25.2. The molecule has 7 nitrogen and oxygen atoms in total. The number of nitrogens with two attached hydrogens (primary N) is 2. The van der Waals surface area contributed by atoms with Crippen LogP contribution >= 0.6 is 0 Å². The summed E-state index contributed by atoms with van der Waals surface area (Å²) >= 11 is 0. The van der Waals surface area contributed by atoms with Gasteiger partial charge >= 0.3 is 5.97 Å². The van der Waals surface area contributed by atoms with Crippen molar-refractivity contribution in [2.75, 3.05) is 7.11 Å². The molecule has 5 N–H and O–H groups in total. The molecule has 0 radical (unpaired) electrons. The van der Waals surface area contributed by atoms with E-state index in [1.165, 1.54) is 14.0 Å². The molecule has 0 aromatic carbocycles. The van der Waals surface area contributed by atoms with E-state index in [4.69, 9.17) is 21.3 Å². The Labute approximate surface area is 122 Å². The summed E-state index contributed by atoms with van der Waals surface area (Å²) < 4.78 is 18.8. The van der Waals surface area contributed by atoms with Crippen LogP contribution < -0.4 is 16.2 Å². The third-order valence-electron chi connectivity index (χ3n) is 2.61. The molecule has 0 spiro atoms. The fraction of sp³-hybridized carbons (Fsp3) is 0.462. The van der Waals surface area contributed by atoms with Crippen LogP contribution in [0.25, 0.3) is 0 Å². The number of primary amides is 1. The quantitative estimate of drug-likeness (QED) is 0.684. The molecule has 0 aliphatic rings. The average Bonchev–Trinajstić information content (AvgIpc) is 2.44. The Morgan fingerprint density at radius 1 is 1.43 bits per heavy atom. The lowest BCUT2D eigenvalue weighted by molar-refractivity contribution is -0.138. The molecule has 1 aromatic rings. The van der Waals surface area contributed by atoms with Gasteiger partial charge in [0.15, 0.2) is 0 Å². The normalized spacial score (nSPS) is 11.1. The molecule has 0 saturated heterocycles. The van der Waals surface area contributed by atoms with Crippen molar-refractivity contribution in [3.63, 3.8) is 0 Å². The summed E-state index contributed by atoms with van der Waals surface area (Å²) in [7, 11) is 1.27. The Bertz CT molecular complexity index is 535. The first-order valence-electron chi connectivity index (χ1n) is 6.30. The number of amides is 1. The first-order chi connectivity index (χ1) is 9.79. The lowest BCUT2D eigenvalue weighted by Gasteiger charge is -2.15. The van der Waals surface area contributed by atoms with Crippen molar-refractivity contribution in [1.29, 1.82) is 0 Å². The highest BCUT2D eigenvalue weighted by molar-refractivity contribution is 5.93. The summed E-state index contributed by atoms with van der Waals surface area (Å²) in [5.41, 5.74) is 10.3. The van der Waals surface area contributed by atoms with Gasteiger partial charge in [-0.15, -0.1) is 0 Å². The van der Waals surface area contributed by atoms with Gasteiger partial charge < -0.3 is 21.3 Å². The van der Waals surface area contributed by atoms with Crippen molar-refractivity contribution < 1.29 is 23.8 Å². The van der Waals surface area contributed by atoms with Crippen LogP contribution in [-0.2, 0) is 11.2 Å². The highest BCUT2D eigenvalue weighted by Gasteiger charge is 2.24. The minimum Gasteiger partial charge on any atom is -0.496 e. The summed E-state index contributed by atoms with van der Waals surface area (Å²) in [6.07, 6.45) is -0.308. The molecule has 1 heterocycles. The number of hydrogen-bond donors (Lipinski definition) is 3. The number of pyridine rings is 1. The number of methoxy groups -OCH3 is 1. The molecular formula is C13H20FN3O4. The van der Waals surface area contributed by atoms with Gasteiger partial charge in [0.2, 0.25) is 5.95 Å². The number of carboxylic acid groups (broad SMARTS) is 1. The van der Waals surface area contributed by atoms with E-state index in [-0.39, 0.29) is 29.0 Å². The molecule has 0 fully saturated rings. The lowest BCUT2D eigenvalue weighted by atomic mass is 10.0. The molecule has 1 rings (SSSR count). The van der Waals surface area contributed by atoms with Crippen LogP contribution in [0.2, 0.25) is 0 Å². The number of carbonyl (C=O) groups excluding carboxylic acids is 1. The summed E-state index contributed by atoms with van der Waals surface area (Å²) in [6, 6.07) is -1.30. The maximum absolute atomic E-state index is 13.8. The zero-order valence-electron chi connectivity index (χ0n) is 12.4. The second-order valence-corrected chi connectivity index (χ2v) is 3.90. The highest BCUT2D eigenvalue weighted by atomic mass is 19.1. The topological polar surface area (TPSA) is 129 Å². The number of hydrogen-bond acceptors (Lipinski definition) is 5. The van der Waals surface area contributed by atoms with Crippen molar-refractivity contribution in [1.82, 2.24) is 4.98 Å². The van der Waals surface area contributed by atoms with E-state index in [1.54, 1.807) is 0 Å². The fourth-order valence-corrected chi connectivity index (χ4v) is 1.68. The van der Waals surface area contributed by atoms with Gasteiger partial charge in [0.1, 0.15) is 17.5 Å². The van der Waals surface area contributed by atoms with Gasteiger partial charge in [-0.05, 0) is 6.92 Å². The highest BCUT2D eigenvalue weighted by Crippen LogP contribution is 2.28. The van der Waals surface area contributed by atoms with Gasteiger partial charge in [-0.2, -0.15) is 4.39 Å². The van der Waals surface area contributed by atoms with E-state index in [0.717, 1.165) is 0 Å². The number of ether oxygens (including phenoxy) is 1. The number of aliphatic carboxylic acids is 1. The van der Waals surface area contributed by atoms with Crippen LogP contribution in [0.5, 0.6) is 5.75 Å². The van der Waals surface area contributed by atoms with Gasteiger partial charge in [-0.25, -0.2) is 4.98 Å². The monoisotopic (exact) mass is 301 g/mol. The zero-order chi connectivity index (χ0) is 16.7. The summed E-state index contributed by atoms with van der Waals surface area (Å²) in [6.45, 7) is 5.47. The first kappa shape index (κ1) is 18.8. The lowest BCUT2D eigenvalue weighted by Crippen LogP contribution is -2.33. The van der Waals surface area contributed by atoms with Crippen molar-refractivity contribution in [2.24, 2.45) is 11.5 Å². The number of rotatable bonds is 5. The van der Waals surface area contributed by atoms with Gasteiger partial charge in [0.05, 0.1) is 12.7 Å². The minimum absolute atomic E-state index is 0.0259. The molecule has 1 amide bonds. The minimum atomic E-state index is -1.30. The third-order valence-corrected chi connectivity index (χ3v) is 2.61. The maximum atomic E-state index is 13.8. The predicted molar refractivity (Wildman–Crippen MR) is 74.7 cm³/mol. The van der Waals surface area contributed by atoms with Crippen molar-refractivity contribution in [3.8, 4) is 5.75 Å². The zero-order valence-corrected chi connectivity index (χ0v) is 12.4. The SMILES string of the molecule is CC.COc1c(C)c(C(N)=O)nc(F)c1CC(N)C(=O)O. The molecule has 0 aliphatic carbocycles. The molecule has 1 unspecified atom stereocenters. The van der Waals surface area contributed by atoms with E-state index in [1.807, 2.05) is 13.8 Å². The molecule has 118 valence electrons. The molecule has 1 aromatic heterocycles. The number of halogens is 1. The molecule has 8 heteroatoms. The van der Waals surface area contributed by atoms with E-state index in [2.05, 4.69) is 4.98 Å². The van der Waals surface area contributed by atoms with Crippen LogP contribution in [0, 0.1) is 12.9 Å². The van der Waals surface area contributed by atoms with Crippen molar-refractivity contribution >= 4 is 11.9 Å². The Morgan fingerprint density at radius 2 is 1.95 bits per heavy atom. The van der Waals surface area contributed by atoms with Crippen molar-refractivity contribution in [3.05, 3.63) is 22.8 Å². The molecule has 0 bridgehead atoms. The molecule has 0 saturated carbocycles. The Hall–Kier alpha value is -2.22. The van der Waals surface area contributed by atoms with Gasteiger partial charge in [0, 0.05) is 12.0 Å². The summed E-state index contributed by atoms with van der Waals surface area (Å²) in [5.74, 6) is -3.17. The molecule has 1 atom stereocenters. The standard InChI is InChI=1S/C11H14FN3O4.C2H6/c1-4-7(10(14)16)15-9(12)5(8(4)19-2)3-6(13)11(17)18;1-2/h6H,3,13H2,1-2H3,(H2,14,16)(H,17,18);1-2H3. The number of carboxylic acids is 1.